The SMILES string of the molecule is CCCC(=N)CCNS(=O)(=O)c1ccc2[c]c[nH]c2c1. The Morgan fingerprint density at radius 3 is 2.95 bits per heavy atom. The second kappa shape index (κ2) is 6.19. The van der Waals surface area contributed by atoms with Gasteiger partial charge in [0.25, 0.3) is 0 Å². The Hall–Kier alpha value is -1.66. The largest absolute Gasteiger partial charge is 0.361 e. The molecule has 1 aromatic carbocycles. The van der Waals surface area contributed by atoms with Gasteiger partial charge < -0.3 is 10.4 Å². The summed E-state index contributed by atoms with van der Waals surface area (Å²) in [6.07, 6.45) is 3.73. The van der Waals surface area contributed by atoms with Gasteiger partial charge in [-0.05, 0) is 25.0 Å². The normalized spacial score (nSPS) is 11.8. The minimum atomic E-state index is -3.52. The van der Waals surface area contributed by atoms with Crippen LogP contribution in [-0.2, 0) is 10.0 Å². The van der Waals surface area contributed by atoms with Crippen molar-refractivity contribution in [3.05, 3.63) is 30.5 Å². The molecule has 107 valence electrons. The van der Waals surface area contributed by atoms with Crippen LogP contribution in [-0.4, -0.2) is 25.7 Å². The average molecular weight is 292 g/mol. The molecule has 2 rings (SSSR count). The van der Waals surface area contributed by atoms with E-state index in [9.17, 15) is 8.42 Å². The molecule has 0 spiro atoms. The van der Waals surface area contributed by atoms with Crippen LogP contribution in [0.3, 0.4) is 0 Å². The summed E-state index contributed by atoms with van der Waals surface area (Å²) in [5.74, 6) is 0. The van der Waals surface area contributed by atoms with E-state index in [2.05, 4.69) is 15.8 Å². The van der Waals surface area contributed by atoms with Gasteiger partial charge in [-0.25, -0.2) is 13.1 Å². The lowest BCUT2D eigenvalue weighted by Gasteiger charge is -2.07. The molecule has 0 aliphatic heterocycles. The number of aromatic nitrogens is 1. The van der Waals surface area contributed by atoms with Gasteiger partial charge in [0, 0.05) is 35.4 Å². The van der Waals surface area contributed by atoms with Gasteiger partial charge in [-0.2, -0.15) is 0 Å². The molecular weight excluding hydrogens is 274 g/mol. The molecule has 1 heterocycles. The zero-order chi connectivity index (χ0) is 14.6. The predicted molar refractivity (Wildman–Crippen MR) is 79.6 cm³/mol. The highest BCUT2D eigenvalue weighted by Gasteiger charge is 2.14. The van der Waals surface area contributed by atoms with E-state index in [1.165, 1.54) is 0 Å². The summed E-state index contributed by atoms with van der Waals surface area (Å²) in [6.45, 7) is 2.26. The number of hydrogen-bond donors (Lipinski definition) is 3. The lowest BCUT2D eigenvalue weighted by molar-refractivity contribution is 0.582. The number of rotatable bonds is 7. The second-order valence-electron chi connectivity index (χ2n) is 4.64. The molecule has 0 fully saturated rings. The van der Waals surface area contributed by atoms with Crippen molar-refractivity contribution in [1.29, 1.82) is 5.41 Å². The molecule has 0 bridgehead atoms. The fourth-order valence-corrected chi connectivity index (χ4v) is 3.03. The number of aromatic amines is 1. The van der Waals surface area contributed by atoms with E-state index >= 15 is 0 Å². The van der Waals surface area contributed by atoms with Crippen molar-refractivity contribution in [1.82, 2.24) is 9.71 Å². The Morgan fingerprint density at radius 2 is 2.20 bits per heavy atom. The van der Waals surface area contributed by atoms with Gasteiger partial charge in [0.2, 0.25) is 10.0 Å². The number of fused-ring (bicyclic) bond motifs is 1. The summed E-state index contributed by atoms with van der Waals surface area (Å²) in [7, 11) is -3.52. The van der Waals surface area contributed by atoms with Crippen LogP contribution in [0.4, 0.5) is 0 Å². The molecule has 0 saturated carbocycles. The molecule has 3 N–H and O–H groups in total. The Labute approximate surface area is 119 Å². The minimum absolute atomic E-state index is 0.225. The Kier molecular flexibility index (Phi) is 4.57. The van der Waals surface area contributed by atoms with Crippen molar-refractivity contribution in [3.8, 4) is 0 Å². The molecule has 1 aromatic heterocycles. The minimum Gasteiger partial charge on any atom is -0.361 e. The summed E-state index contributed by atoms with van der Waals surface area (Å²) in [6, 6.07) is 7.84. The van der Waals surface area contributed by atoms with Gasteiger partial charge in [-0.15, -0.1) is 0 Å². The molecule has 0 amide bonds. The van der Waals surface area contributed by atoms with Gasteiger partial charge >= 0.3 is 0 Å². The number of H-pyrrole nitrogens is 1. The fraction of sp³-hybridized carbons (Fsp3) is 0.357. The lowest BCUT2D eigenvalue weighted by atomic mass is 10.2. The highest BCUT2D eigenvalue weighted by Crippen LogP contribution is 2.17. The van der Waals surface area contributed by atoms with Gasteiger partial charge in [0.15, 0.2) is 0 Å². The summed E-state index contributed by atoms with van der Waals surface area (Å²) in [4.78, 5) is 3.17. The standard InChI is InChI=1S/C14H18N3O2S/c1-2-3-12(15)7-9-17-20(18,19)13-5-4-11-6-8-16-14(11)10-13/h4-5,8,10,15-17H,2-3,7,9H2,1H3. The molecule has 20 heavy (non-hydrogen) atoms. The number of hydrogen-bond acceptors (Lipinski definition) is 3. The van der Waals surface area contributed by atoms with Crippen molar-refractivity contribution in [2.24, 2.45) is 0 Å². The maximum absolute atomic E-state index is 12.1. The highest BCUT2D eigenvalue weighted by molar-refractivity contribution is 7.89. The molecule has 0 aliphatic rings. The first-order chi connectivity index (χ1) is 9.53. The first-order valence-corrected chi connectivity index (χ1v) is 8.06. The van der Waals surface area contributed by atoms with Crippen LogP contribution in [0.25, 0.3) is 10.9 Å². The smallest absolute Gasteiger partial charge is 0.240 e. The molecule has 0 saturated heterocycles. The van der Waals surface area contributed by atoms with E-state index in [-0.39, 0.29) is 11.4 Å². The zero-order valence-electron chi connectivity index (χ0n) is 11.4. The number of benzene rings is 1. The topological polar surface area (TPSA) is 85.8 Å². The van der Waals surface area contributed by atoms with Crippen molar-refractivity contribution in [3.63, 3.8) is 0 Å². The first-order valence-electron chi connectivity index (χ1n) is 6.57. The van der Waals surface area contributed by atoms with Crippen LogP contribution in [0.1, 0.15) is 26.2 Å². The first kappa shape index (κ1) is 14.7. The third-order valence-corrected chi connectivity index (χ3v) is 4.49. The predicted octanol–water partition coefficient (Wildman–Crippen LogP) is 2.46. The molecule has 1 radical (unpaired) electrons. The summed E-state index contributed by atoms with van der Waals surface area (Å²) >= 11 is 0. The summed E-state index contributed by atoms with van der Waals surface area (Å²) < 4.78 is 26.8. The Bertz CT molecular complexity index is 704. The maximum Gasteiger partial charge on any atom is 0.240 e. The summed E-state index contributed by atoms with van der Waals surface area (Å²) in [5, 5.41) is 8.50. The molecule has 0 unspecified atom stereocenters. The third-order valence-electron chi connectivity index (χ3n) is 3.03. The van der Waals surface area contributed by atoms with Gasteiger partial charge in [-0.1, -0.05) is 19.4 Å². The van der Waals surface area contributed by atoms with Crippen molar-refractivity contribution >= 4 is 26.6 Å². The Morgan fingerprint density at radius 1 is 1.40 bits per heavy atom. The van der Waals surface area contributed by atoms with Gasteiger partial charge in [-0.3, -0.25) is 0 Å². The van der Waals surface area contributed by atoms with Crippen molar-refractivity contribution in [2.75, 3.05) is 6.54 Å². The molecule has 5 nitrogen and oxygen atoms in total. The van der Waals surface area contributed by atoms with Crippen LogP contribution in [0.2, 0.25) is 0 Å². The fourth-order valence-electron chi connectivity index (χ4n) is 1.97. The third kappa shape index (κ3) is 3.46. The zero-order valence-corrected chi connectivity index (χ0v) is 12.2. The Balaban J connectivity index is 2.04. The summed E-state index contributed by atoms with van der Waals surface area (Å²) in [5.41, 5.74) is 1.32. The van der Waals surface area contributed by atoms with Crippen LogP contribution >= 0.6 is 0 Å². The van der Waals surface area contributed by atoms with E-state index in [1.807, 2.05) is 6.92 Å². The second-order valence-corrected chi connectivity index (χ2v) is 6.41. The van der Waals surface area contributed by atoms with Gasteiger partial charge in [0.05, 0.1) is 4.90 Å². The van der Waals surface area contributed by atoms with E-state index in [0.29, 0.717) is 18.6 Å². The molecular formula is C14H18N3O2S. The van der Waals surface area contributed by atoms with E-state index in [1.54, 1.807) is 24.4 Å². The lowest BCUT2D eigenvalue weighted by Crippen LogP contribution is -2.26. The number of sulfonamides is 1. The van der Waals surface area contributed by atoms with Crippen LogP contribution < -0.4 is 4.72 Å². The average Bonchev–Trinajstić information content (AvgIpc) is 2.86. The van der Waals surface area contributed by atoms with Gasteiger partial charge in [0.1, 0.15) is 0 Å². The van der Waals surface area contributed by atoms with Crippen molar-refractivity contribution < 1.29 is 8.42 Å². The quantitative estimate of drug-likeness (QED) is 0.685. The molecule has 0 aliphatic carbocycles. The van der Waals surface area contributed by atoms with E-state index < -0.39 is 10.0 Å². The van der Waals surface area contributed by atoms with Crippen LogP contribution in [0, 0.1) is 11.5 Å². The number of nitrogens with one attached hydrogen (secondary N) is 3. The molecule has 6 heteroatoms. The van der Waals surface area contributed by atoms with Crippen molar-refractivity contribution in [2.45, 2.75) is 31.1 Å². The molecule has 0 atom stereocenters. The van der Waals surface area contributed by atoms with E-state index in [0.717, 1.165) is 17.3 Å². The monoisotopic (exact) mass is 292 g/mol. The van der Waals surface area contributed by atoms with E-state index in [4.69, 9.17) is 5.41 Å². The van der Waals surface area contributed by atoms with Crippen LogP contribution in [0.15, 0.2) is 29.3 Å². The highest BCUT2D eigenvalue weighted by atomic mass is 32.2. The molecule has 2 aromatic rings. The maximum atomic E-state index is 12.1. The van der Waals surface area contributed by atoms with Crippen LogP contribution in [0.5, 0.6) is 0 Å².